The first kappa shape index (κ1) is 15.1. The van der Waals surface area contributed by atoms with Crippen LogP contribution in [0.3, 0.4) is 0 Å². The zero-order valence-electron chi connectivity index (χ0n) is 12.0. The number of amides is 2. The Hall–Kier alpha value is -1.30. The monoisotopic (exact) mass is 284 g/mol. The lowest BCUT2D eigenvalue weighted by Gasteiger charge is -2.34. The average Bonchev–Trinajstić information content (AvgIpc) is 2.87. The van der Waals surface area contributed by atoms with E-state index in [1.54, 1.807) is 7.11 Å². The number of methoxy groups -OCH3 is 1. The molecule has 2 aliphatic rings. The van der Waals surface area contributed by atoms with Gasteiger partial charge in [-0.2, -0.15) is 0 Å². The van der Waals surface area contributed by atoms with Gasteiger partial charge in [-0.3, -0.25) is 0 Å². The summed E-state index contributed by atoms with van der Waals surface area (Å²) in [6.45, 7) is 0. The highest BCUT2D eigenvalue weighted by Crippen LogP contribution is 2.28. The smallest absolute Gasteiger partial charge is 0.329 e. The van der Waals surface area contributed by atoms with E-state index in [1.807, 2.05) is 0 Å². The van der Waals surface area contributed by atoms with E-state index >= 15 is 0 Å². The normalized spacial score (nSPS) is 28.9. The number of carbonyl (C=O) groups is 2. The van der Waals surface area contributed by atoms with Crippen molar-refractivity contribution in [2.45, 2.75) is 69.1 Å². The summed E-state index contributed by atoms with van der Waals surface area (Å²) >= 11 is 0. The molecule has 2 atom stereocenters. The minimum absolute atomic E-state index is 0.0781. The molecule has 0 saturated heterocycles. The highest BCUT2D eigenvalue weighted by atomic mass is 16.5. The molecule has 0 aromatic carbocycles. The molecule has 2 fully saturated rings. The third-order valence-electron chi connectivity index (χ3n) is 4.52. The average molecular weight is 284 g/mol. The minimum atomic E-state index is -1.08. The molecule has 0 aromatic rings. The molecule has 20 heavy (non-hydrogen) atoms. The van der Waals surface area contributed by atoms with E-state index in [2.05, 4.69) is 10.6 Å². The molecule has 2 saturated carbocycles. The van der Waals surface area contributed by atoms with Gasteiger partial charge in [-0.05, 0) is 32.1 Å². The summed E-state index contributed by atoms with van der Waals surface area (Å²) in [5.74, 6) is -0.923. The van der Waals surface area contributed by atoms with E-state index in [1.165, 1.54) is 0 Å². The number of carboxylic acid groups (broad SMARTS) is 1. The van der Waals surface area contributed by atoms with Crippen molar-refractivity contribution < 1.29 is 19.4 Å². The molecule has 3 N–H and O–H groups in total. The van der Waals surface area contributed by atoms with Gasteiger partial charge in [0.1, 0.15) is 5.54 Å². The van der Waals surface area contributed by atoms with Crippen molar-refractivity contribution in [1.82, 2.24) is 10.6 Å². The van der Waals surface area contributed by atoms with Crippen LogP contribution in [0.25, 0.3) is 0 Å². The van der Waals surface area contributed by atoms with Gasteiger partial charge in [0.05, 0.1) is 6.10 Å². The topological polar surface area (TPSA) is 87.7 Å². The van der Waals surface area contributed by atoms with Gasteiger partial charge in [-0.25, -0.2) is 9.59 Å². The number of urea groups is 1. The molecule has 0 spiro atoms. The summed E-state index contributed by atoms with van der Waals surface area (Å²) in [7, 11) is 1.68. The summed E-state index contributed by atoms with van der Waals surface area (Å²) in [5, 5.41) is 15.0. The fraction of sp³-hybridized carbons (Fsp3) is 0.857. The second kappa shape index (κ2) is 6.43. The van der Waals surface area contributed by atoms with Gasteiger partial charge in [0, 0.05) is 13.2 Å². The third kappa shape index (κ3) is 3.42. The highest BCUT2D eigenvalue weighted by molar-refractivity contribution is 5.86. The van der Waals surface area contributed by atoms with Crippen LogP contribution in [0.5, 0.6) is 0 Å². The van der Waals surface area contributed by atoms with Crippen LogP contribution in [-0.2, 0) is 9.53 Å². The van der Waals surface area contributed by atoms with Crippen molar-refractivity contribution in [2.75, 3.05) is 7.11 Å². The molecule has 114 valence electrons. The van der Waals surface area contributed by atoms with Crippen LogP contribution >= 0.6 is 0 Å². The largest absolute Gasteiger partial charge is 0.480 e. The van der Waals surface area contributed by atoms with Gasteiger partial charge in [0.2, 0.25) is 0 Å². The lowest BCUT2D eigenvalue weighted by atomic mass is 9.82. The number of hydrogen-bond donors (Lipinski definition) is 3. The molecule has 0 aromatic heterocycles. The number of nitrogens with one attached hydrogen (secondary N) is 2. The SMILES string of the molecule is COC1CCC(NC(=O)NC2(C(=O)O)CCCCC2)C1. The third-order valence-corrected chi connectivity index (χ3v) is 4.52. The Balaban J connectivity index is 1.87. The Morgan fingerprint density at radius 1 is 1.20 bits per heavy atom. The molecule has 0 bridgehead atoms. The quantitative estimate of drug-likeness (QED) is 0.732. The van der Waals surface area contributed by atoms with E-state index in [4.69, 9.17) is 4.74 Å². The molecule has 2 aliphatic carbocycles. The van der Waals surface area contributed by atoms with E-state index in [-0.39, 0.29) is 18.2 Å². The molecule has 0 radical (unpaired) electrons. The number of carboxylic acids is 1. The second-order valence-electron chi connectivity index (χ2n) is 5.91. The van der Waals surface area contributed by atoms with E-state index < -0.39 is 11.5 Å². The molecule has 0 heterocycles. The van der Waals surface area contributed by atoms with Crippen LogP contribution in [0.4, 0.5) is 4.79 Å². The molecular formula is C14H24N2O4. The minimum Gasteiger partial charge on any atom is -0.480 e. The van der Waals surface area contributed by atoms with Gasteiger partial charge in [0.25, 0.3) is 0 Å². The highest BCUT2D eigenvalue weighted by Gasteiger charge is 2.41. The fourth-order valence-corrected chi connectivity index (χ4v) is 3.27. The molecule has 6 heteroatoms. The van der Waals surface area contributed by atoms with Crippen LogP contribution < -0.4 is 10.6 Å². The summed E-state index contributed by atoms with van der Waals surface area (Å²) in [5.41, 5.74) is -1.08. The standard InChI is InChI=1S/C14H24N2O4/c1-20-11-6-5-10(9-11)15-13(19)16-14(12(17)18)7-3-2-4-8-14/h10-11H,2-9H2,1H3,(H,17,18)(H2,15,16,19). The number of carbonyl (C=O) groups excluding carboxylic acids is 1. The Kier molecular flexibility index (Phi) is 4.86. The molecule has 2 unspecified atom stereocenters. The first-order valence-corrected chi connectivity index (χ1v) is 7.40. The van der Waals surface area contributed by atoms with Crippen LogP contribution in [0.15, 0.2) is 0 Å². The van der Waals surface area contributed by atoms with Crippen LogP contribution in [0.1, 0.15) is 51.4 Å². The van der Waals surface area contributed by atoms with E-state index in [9.17, 15) is 14.7 Å². The number of hydrogen-bond acceptors (Lipinski definition) is 3. The predicted octanol–water partition coefficient (Wildman–Crippen LogP) is 1.64. The van der Waals surface area contributed by atoms with Crippen molar-refractivity contribution in [3.05, 3.63) is 0 Å². The number of ether oxygens (including phenoxy) is 1. The van der Waals surface area contributed by atoms with Crippen LogP contribution in [-0.4, -0.2) is 41.9 Å². The Bertz CT molecular complexity index is 366. The second-order valence-corrected chi connectivity index (χ2v) is 5.91. The van der Waals surface area contributed by atoms with E-state index in [0.717, 1.165) is 38.5 Å². The predicted molar refractivity (Wildman–Crippen MR) is 73.6 cm³/mol. The number of aliphatic carboxylic acids is 1. The van der Waals surface area contributed by atoms with Crippen molar-refractivity contribution in [2.24, 2.45) is 0 Å². The van der Waals surface area contributed by atoms with Crippen molar-refractivity contribution in [1.29, 1.82) is 0 Å². The van der Waals surface area contributed by atoms with Gasteiger partial charge in [0.15, 0.2) is 0 Å². The Morgan fingerprint density at radius 3 is 2.45 bits per heavy atom. The summed E-state index contributed by atoms with van der Waals surface area (Å²) in [6, 6.07) is -0.287. The van der Waals surface area contributed by atoms with Crippen molar-refractivity contribution in [3.63, 3.8) is 0 Å². The molecular weight excluding hydrogens is 260 g/mol. The molecule has 6 nitrogen and oxygen atoms in total. The maximum atomic E-state index is 12.0. The lowest BCUT2D eigenvalue weighted by Crippen LogP contribution is -2.59. The van der Waals surface area contributed by atoms with Crippen molar-refractivity contribution >= 4 is 12.0 Å². The van der Waals surface area contributed by atoms with Crippen LogP contribution in [0.2, 0.25) is 0 Å². The maximum absolute atomic E-state index is 12.0. The fourth-order valence-electron chi connectivity index (χ4n) is 3.27. The molecule has 0 aliphatic heterocycles. The van der Waals surface area contributed by atoms with E-state index in [0.29, 0.717) is 12.8 Å². The number of rotatable bonds is 4. The first-order chi connectivity index (χ1) is 9.55. The van der Waals surface area contributed by atoms with Gasteiger partial charge in [-0.1, -0.05) is 19.3 Å². The lowest BCUT2D eigenvalue weighted by molar-refractivity contribution is -0.145. The zero-order chi connectivity index (χ0) is 14.6. The molecule has 2 amide bonds. The van der Waals surface area contributed by atoms with Crippen LogP contribution in [0, 0.1) is 0 Å². The summed E-state index contributed by atoms with van der Waals surface area (Å²) in [6.07, 6.45) is 6.58. The Labute approximate surface area is 119 Å². The molecule has 2 rings (SSSR count). The van der Waals surface area contributed by atoms with Gasteiger partial charge < -0.3 is 20.5 Å². The van der Waals surface area contributed by atoms with Crippen molar-refractivity contribution in [3.8, 4) is 0 Å². The maximum Gasteiger partial charge on any atom is 0.329 e. The first-order valence-electron chi connectivity index (χ1n) is 7.40. The summed E-state index contributed by atoms with van der Waals surface area (Å²) < 4.78 is 5.27. The zero-order valence-corrected chi connectivity index (χ0v) is 12.0. The van der Waals surface area contributed by atoms with Gasteiger partial charge >= 0.3 is 12.0 Å². The Morgan fingerprint density at radius 2 is 1.90 bits per heavy atom. The van der Waals surface area contributed by atoms with Gasteiger partial charge in [-0.15, -0.1) is 0 Å². The summed E-state index contributed by atoms with van der Waals surface area (Å²) in [4.78, 5) is 23.5.